The number of ether oxygens (including phenoxy) is 1. The summed E-state index contributed by atoms with van der Waals surface area (Å²) in [6.07, 6.45) is 4.57. The van der Waals surface area contributed by atoms with E-state index in [1.54, 1.807) is 12.4 Å². The summed E-state index contributed by atoms with van der Waals surface area (Å²) < 4.78 is 4.57. The van der Waals surface area contributed by atoms with Crippen LogP contribution in [0.2, 0.25) is 0 Å². The Hall–Kier alpha value is -1.49. The predicted molar refractivity (Wildman–Crippen MR) is 64.4 cm³/mol. The summed E-state index contributed by atoms with van der Waals surface area (Å²) in [5.74, 6) is -0.171. The molecule has 0 spiro atoms. The van der Waals surface area contributed by atoms with Gasteiger partial charge in [-0.1, -0.05) is 0 Å². The van der Waals surface area contributed by atoms with Crippen molar-refractivity contribution in [1.82, 2.24) is 15.3 Å². The van der Waals surface area contributed by atoms with Crippen molar-refractivity contribution in [2.45, 2.75) is 32.7 Å². The topological polar surface area (TPSA) is 64.1 Å². The van der Waals surface area contributed by atoms with Crippen LogP contribution in [0.5, 0.6) is 0 Å². The molecule has 0 radical (unpaired) electrons. The van der Waals surface area contributed by atoms with E-state index in [9.17, 15) is 4.79 Å². The van der Waals surface area contributed by atoms with E-state index in [2.05, 4.69) is 20.0 Å². The average Bonchev–Trinajstić information content (AvgIpc) is 2.34. The van der Waals surface area contributed by atoms with E-state index in [-0.39, 0.29) is 12.0 Å². The van der Waals surface area contributed by atoms with Gasteiger partial charge in [0.05, 0.1) is 18.5 Å². The Balaban J connectivity index is 2.33. The molecule has 17 heavy (non-hydrogen) atoms. The fourth-order valence-corrected chi connectivity index (χ4v) is 1.59. The third-order valence-electron chi connectivity index (χ3n) is 2.57. The normalized spacial score (nSPS) is 12.2. The van der Waals surface area contributed by atoms with Crippen molar-refractivity contribution in [2.75, 3.05) is 13.7 Å². The highest BCUT2D eigenvalue weighted by Gasteiger charge is 2.09. The molecule has 0 saturated carbocycles. The van der Waals surface area contributed by atoms with Crippen LogP contribution in [0.25, 0.3) is 0 Å². The number of hydrogen-bond donors (Lipinski definition) is 1. The number of carbonyl (C=O) groups excluding carboxylic acids is 1. The lowest BCUT2D eigenvalue weighted by Gasteiger charge is -2.14. The van der Waals surface area contributed by atoms with Crippen LogP contribution in [0.15, 0.2) is 12.4 Å². The van der Waals surface area contributed by atoms with Crippen LogP contribution in [0.4, 0.5) is 0 Å². The van der Waals surface area contributed by atoms with Crippen molar-refractivity contribution in [3.05, 3.63) is 23.8 Å². The number of nitrogens with zero attached hydrogens (tertiary/aromatic N) is 2. The van der Waals surface area contributed by atoms with Crippen LogP contribution < -0.4 is 5.32 Å². The monoisotopic (exact) mass is 237 g/mol. The van der Waals surface area contributed by atoms with Crippen LogP contribution in [0.1, 0.15) is 37.2 Å². The van der Waals surface area contributed by atoms with Gasteiger partial charge in [-0.2, -0.15) is 0 Å². The first-order chi connectivity index (χ1) is 8.15. The molecule has 1 heterocycles. The smallest absolute Gasteiger partial charge is 0.305 e. The second-order valence-electron chi connectivity index (χ2n) is 3.88. The average molecular weight is 237 g/mol. The summed E-state index contributed by atoms with van der Waals surface area (Å²) in [6.45, 7) is 4.73. The molecular weight excluding hydrogens is 218 g/mol. The van der Waals surface area contributed by atoms with E-state index in [0.717, 1.165) is 24.4 Å². The van der Waals surface area contributed by atoms with Gasteiger partial charge in [0.1, 0.15) is 0 Å². The van der Waals surface area contributed by atoms with Gasteiger partial charge in [0.25, 0.3) is 0 Å². The van der Waals surface area contributed by atoms with E-state index in [1.807, 2.05) is 13.8 Å². The van der Waals surface area contributed by atoms with Crippen LogP contribution in [-0.4, -0.2) is 29.6 Å². The van der Waals surface area contributed by atoms with Crippen molar-refractivity contribution in [1.29, 1.82) is 0 Å². The van der Waals surface area contributed by atoms with Gasteiger partial charge >= 0.3 is 5.97 Å². The van der Waals surface area contributed by atoms with Gasteiger partial charge in [-0.15, -0.1) is 0 Å². The first kappa shape index (κ1) is 13.6. The Bertz CT molecular complexity index is 369. The summed E-state index contributed by atoms with van der Waals surface area (Å²) in [4.78, 5) is 19.4. The molecule has 5 nitrogen and oxygen atoms in total. The Kier molecular flexibility index (Phi) is 5.56. The lowest BCUT2D eigenvalue weighted by atomic mass is 10.2. The minimum atomic E-state index is -0.171. The molecule has 0 bridgehead atoms. The van der Waals surface area contributed by atoms with Gasteiger partial charge in [-0.25, -0.2) is 0 Å². The lowest BCUT2D eigenvalue weighted by Crippen LogP contribution is -2.22. The molecule has 0 aliphatic carbocycles. The number of esters is 1. The SMILES string of the molecule is COC(=O)CCCNC(C)c1nccnc1C. The highest BCUT2D eigenvalue weighted by atomic mass is 16.5. The minimum Gasteiger partial charge on any atom is -0.469 e. The molecule has 94 valence electrons. The van der Waals surface area contributed by atoms with Crippen molar-refractivity contribution >= 4 is 5.97 Å². The number of rotatable bonds is 6. The summed E-state index contributed by atoms with van der Waals surface area (Å²) in [6, 6.07) is 0.140. The standard InChI is InChI=1S/C12H19N3O2/c1-9(12-10(2)14-7-8-15-12)13-6-4-5-11(16)17-3/h7-9,13H,4-6H2,1-3H3. The first-order valence-electron chi connectivity index (χ1n) is 5.73. The van der Waals surface area contributed by atoms with Gasteiger partial charge < -0.3 is 10.1 Å². The van der Waals surface area contributed by atoms with Crippen molar-refractivity contribution in [3.8, 4) is 0 Å². The Morgan fingerprint density at radius 1 is 1.47 bits per heavy atom. The Morgan fingerprint density at radius 3 is 2.82 bits per heavy atom. The number of hydrogen-bond acceptors (Lipinski definition) is 5. The second kappa shape index (κ2) is 6.96. The van der Waals surface area contributed by atoms with Gasteiger partial charge in [0, 0.05) is 24.9 Å². The van der Waals surface area contributed by atoms with E-state index in [1.165, 1.54) is 7.11 Å². The van der Waals surface area contributed by atoms with E-state index >= 15 is 0 Å². The molecule has 5 heteroatoms. The predicted octanol–water partition coefficient (Wildman–Crippen LogP) is 1.39. The van der Waals surface area contributed by atoms with E-state index in [4.69, 9.17) is 0 Å². The molecule has 0 aromatic carbocycles. The van der Waals surface area contributed by atoms with Gasteiger partial charge in [0.2, 0.25) is 0 Å². The summed E-state index contributed by atoms with van der Waals surface area (Å²) in [5.41, 5.74) is 1.88. The van der Waals surface area contributed by atoms with E-state index < -0.39 is 0 Å². The fraction of sp³-hybridized carbons (Fsp3) is 0.583. The number of aromatic nitrogens is 2. The highest BCUT2D eigenvalue weighted by molar-refractivity contribution is 5.69. The third kappa shape index (κ3) is 4.48. The van der Waals surface area contributed by atoms with Gasteiger partial charge in [-0.3, -0.25) is 14.8 Å². The largest absolute Gasteiger partial charge is 0.469 e. The molecule has 1 rings (SSSR count). The number of methoxy groups -OCH3 is 1. The van der Waals surface area contributed by atoms with Crippen LogP contribution in [0.3, 0.4) is 0 Å². The number of carbonyl (C=O) groups is 1. The summed E-state index contributed by atoms with van der Waals surface area (Å²) in [5, 5.41) is 3.31. The molecule has 0 amide bonds. The van der Waals surface area contributed by atoms with Crippen molar-refractivity contribution < 1.29 is 9.53 Å². The third-order valence-corrected chi connectivity index (χ3v) is 2.57. The molecule has 1 aromatic rings. The van der Waals surface area contributed by atoms with Crippen molar-refractivity contribution in [3.63, 3.8) is 0 Å². The summed E-state index contributed by atoms with van der Waals surface area (Å²) >= 11 is 0. The zero-order valence-electron chi connectivity index (χ0n) is 10.6. The number of aryl methyl sites for hydroxylation is 1. The molecular formula is C12H19N3O2. The molecule has 1 N–H and O–H groups in total. The van der Waals surface area contributed by atoms with Gasteiger partial charge in [0.15, 0.2) is 0 Å². The highest BCUT2D eigenvalue weighted by Crippen LogP contribution is 2.11. The quantitative estimate of drug-likeness (QED) is 0.598. The fourth-order valence-electron chi connectivity index (χ4n) is 1.59. The summed E-state index contributed by atoms with van der Waals surface area (Å²) in [7, 11) is 1.40. The molecule has 1 unspecified atom stereocenters. The first-order valence-corrected chi connectivity index (χ1v) is 5.73. The molecule has 1 atom stereocenters. The zero-order valence-corrected chi connectivity index (χ0v) is 10.6. The van der Waals surface area contributed by atoms with Crippen LogP contribution >= 0.6 is 0 Å². The molecule has 0 aliphatic rings. The van der Waals surface area contributed by atoms with Crippen LogP contribution in [-0.2, 0) is 9.53 Å². The zero-order chi connectivity index (χ0) is 12.7. The van der Waals surface area contributed by atoms with Gasteiger partial charge in [-0.05, 0) is 26.8 Å². The minimum absolute atomic E-state index is 0.140. The Morgan fingerprint density at radius 2 is 2.18 bits per heavy atom. The lowest BCUT2D eigenvalue weighted by molar-refractivity contribution is -0.140. The maximum Gasteiger partial charge on any atom is 0.305 e. The Labute approximate surface area is 102 Å². The molecule has 1 aromatic heterocycles. The second-order valence-corrected chi connectivity index (χ2v) is 3.88. The van der Waals surface area contributed by atoms with E-state index in [0.29, 0.717) is 6.42 Å². The molecule has 0 fully saturated rings. The van der Waals surface area contributed by atoms with Crippen LogP contribution in [0, 0.1) is 6.92 Å². The molecule has 0 saturated heterocycles. The number of nitrogens with one attached hydrogen (secondary N) is 1. The maximum absolute atomic E-state index is 10.9. The molecule has 0 aliphatic heterocycles. The van der Waals surface area contributed by atoms with Crippen molar-refractivity contribution in [2.24, 2.45) is 0 Å². The maximum atomic E-state index is 10.9.